The van der Waals surface area contributed by atoms with Crippen LogP contribution in [0, 0.1) is 15.9 Å². The van der Waals surface area contributed by atoms with Crippen LogP contribution < -0.4 is 11.1 Å². The third-order valence-electron chi connectivity index (χ3n) is 3.77. The zero-order valence-electron chi connectivity index (χ0n) is 11.1. The minimum absolute atomic E-state index is 0.0867. The number of nitrogens with one attached hydrogen (secondary N) is 1. The van der Waals surface area contributed by atoms with Crippen molar-refractivity contribution in [2.24, 2.45) is 5.73 Å². The van der Waals surface area contributed by atoms with Crippen LogP contribution in [-0.2, 0) is 0 Å². The summed E-state index contributed by atoms with van der Waals surface area (Å²) in [5, 5.41) is 14.0. The van der Waals surface area contributed by atoms with Crippen LogP contribution in [0.2, 0.25) is 0 Å². The van der Waals surface area contributed by atoms with Gasteiger partial charge in [0.2, 0.25) is 0 Å². The highest BCUT2D eigenvalue weighted by Crippen LogP contribution is 2.41. The van der Waals surface area contributed by atoms with Crippen molar-refractivity contribution in [3.8, 4) is 0 Å². The largest absolute Gasteiger partial charge is 0.370 e. The second kappa shape index (κ2) is 5.14. The number of hydrogen-bond acceptors (Lipinski definition) is 4. The van der Waals surface area contributed by atoms with Crippen LogP contribution in [0.15, 0.2) is 42.5 Å². The molecule has 2 aromatic rings. The maximum absolute atomic E-state index is 13.9. The molecule has 3 N–H and O–H groups in total. The van der Waals surface area contributed by atoms with Gasteiger partial charge in [0.15, 0.2) is 5.82 Å². The van der Waals surface area contributed by atoms with Crippen LogP contribution in [0.25, 0.3) is 0 Å². The lowest BCUT2D eigenvalue weighted by molar-refractivity contribution is -0.384. The van der Waals surface area contributed by atoms with Crippen LogP contribution in [0.3, 0.4) is 0 Å². The molecule has 0 heterocycles. The Hall–Kier alpha value is -2.47. The second-order valence-corrected chi connectivity index (χ2v) is 5.06. The van der Waals surface area contributed by atoms with E-state index in [4.69, 9.17) is 5.73 Å². The number of hydrogen-bond donors (Lipinski definition) is 2. The van der Waals surface area contributed by atoms with Crippen molar-refractivity contribution in [3.63, 3.8) is 0 Å². The van der Waals surface area contributed by atoms with Gasteiger partial charge >= 0.3 is 0 Å². The average molecular weight is 287 g/mol. The Labute approximate surface area is 120 Å². The van der Waals surface area contributed by atoms with E-state index in [1.807, 2.05) is 24.3 Å². The molecule has 1 aliphatic rings. The Morgan fingerprint density at radius 2 is 1.90 bits per heavy atom. The zero-order chi connectivity index (χ0) is 15.0. The Morgan fingerprint density at radius 1 is 1.19 bits per heavy atom. The molecule has 2 unspecified atom stereocenters. The molecule has 0 bridgehead atoms. The molecular weight excluding hydrogens is 273 g/mol. The number of benzene rings is 2. The van der Waals surface area contributed by atoms with Crippen molar-refractivity contribution in [3.05, 3.63) is 69.5 Å². The molecule has 0 saturated heterocycles. The summed E-state index contributed by atoms with van der Waals surface area (Å²) >= 11 is 0. The van der Waals surface area contributed by atoms with Crippen LogP contribution >= 0.6 is 0 Å². The van der Waals surface area contributed by atoms with Gasteiger partial charge < -0.3 is 11.1 Å². The Morgan fingerprint density at radius 3 is 2.62 bits per heavy atom. The summed E-state index contributed by atoms with van der Waals surface area (Å²) in [7, 11) is 0. The van der Waals surface area contributed by atoms with Gasteiger partial charge in [-0.25, -0.2) is 4.39 Å². The summed E-state index contributed by atoms with van der Waals surface area (Å²) in [6.45, 7) is 0. The average Bonchev–Trinajstić information content (AvgIpc) is 2.78. The number of halogens is 1. The number of nitro benzene ring substituents is 1. The molecule has 2 aromatic carbocycles. The molecule has 2 atom stereocenters. The lowest BCUT2D eigenvalue weighted by Crippen LogP contribution is -2.12. The van der Waals surface area contributed by atoms with Gasteiger partial charge in [-0.15, -0.1) is 0 Å². The third kappa shape index (κ3) is 2.34. The Kier molecular flexibility index (Phi) is 3.31. The molecule has 0 amide bonds. The first-order valence-corrected chi connectivity index (χ1v) is 6.61. The number of nitro groups is 1. The van der Waals surface area contributed by atoms with Crippen molar-refractivity contribution in [2.45, 2.75) is 18.5 Å². The summed E-state index contributed by atoms with van der Waals surface area (Å²) in [5.74, 6) is -0.637. The molecule has 0 aromatic heterocycles. The molecule has 108 valence electrons. The summed E-state index contributed by atoms with van der Waals surface area (Å²) < 4.78 is 13.9. The number of fused-ring (bicyclic) bond motifs is 1. The number of nitrogens with zero attached hydrogens (tertiary/aromatic N) is 1. The summed E-state index contributed by atoms with van der Waals surface area (Å²) in [5.41, 5.74) is 7.66. The number of para-hydroxylation sites is 1. The first-order valence-electron chi connectivity index (χ1n) is 6.61. The van der Waals surface area contributed by atoms with Gasteiger partial charge in [0.25, 0.3) is 5.69 Å². The molecule has 6 heteroatoms. The first kappa shape index (κ1) is 13.5. The van der Waals surface area contributed by atoms with Crippen LogP contribution in [0.4, 0.5) is 15.8 Å². The third-order valence-corrected chi connectivity index (χ3v) is 3.77. The van der Waals surface area contributed by atoms with Crippen molar-refractivity contribution in [1.29, 1.82) is 0 Å². The van der Waals surface area contributed by atoms with E-state index in [1.165, 1.54) is 18.2 Å². The standard InChI is InChI=1S/C15H14FN3O2/c16-11-6-3-7-14(19(20)21)15(11)18-13-8-12(17)9-4-1-2-5-10(9)13/h1-7,12-13,18H,8,17H2. The van der Waals surface area contributed by atoms with E-state index in [0.29, 0.717) is 6.42 Å². The van der Waals surface area contributed by atoms with E-state index in [1.54, 1.807) is 0 Å². The maximum atomic E-state index is 13.9. The summed E-state index contributed by atoms with van der Waals surface area (Å²) in [6, 6.07) is 11.0. The van der Waals surface area contributed by atoms with E-state index in [2.05, 4.69) is 5.32 Å². The Bertz CT molecular complexity index is 705. The van der Waals surface area contributed by atoms with E-state index in [-0.39, 0.29) is 23.5 Å². The van der Waals surface area contributed by atoms with Crippen LogP contribution in [0.1, 0.15) is 29.6 Å². The maximum Gasteiger partial charge on any atom is 0.295 e. The predicted molar refractivity (Wildman–Crippen MR) is 77.4 cm³/mol. The second-order valence-electron chi connectivity index (χ2n) is 5.06. The van der Waals surface area contributed by atoms with Gasteiger partial charge in [-0.05, 0) is 23.6 Å². The molecule has 0 aliphatic heterocycles. The van der Waals surface area contributed by atoms with Gasteiger partial charge in [-0.1, -0.05) is 30.3 Å². The van der Waals surface area contributed by atoms with Gasteiger partial charge in [-0.3, -0.25) is 10.1 Å². The summed E-state index contributed by atoms with van der Waals surface area (Å²) in [6.07, 6.45) is 0.574. The van der Waals surface area contributed by atoms with Crippen molar-refractivity contribution in [2.75, 3.05) is 5.32 Å². The molecule has 0 fully saturated rings. The fraction of sp³-hybridized carbons (Fsp3) is 0.200. The highest BCUT2D eigenvalue weighted by molar-refractivity contribution is 5.63. The van der Waals surface area contributed by atoms with Gasteiger partial charge in [0.05, 0.1) is 11.0 Å². The fourth-order valence-electron chi connectivity index (χ4n) is 2.79. The zero-order valence-corrected chi connectivity index (χ0v) is 11.1. The van der Waals surface area contributed by atoms with E-state index in [0.717, 1.165) is 11.1 Å². The lowest BCUT2D eigenvalue weighted by atomic mass is 10.1. The van der Waals surface area contributed by atoms with Gasteiger partial charge in [0, 0.05) is 12.1 Å². The van der Waals surface area contributed by atoms with Gasteiger partial charge in [0.1, 0.15) is 5.69 Å². The number of rotatable bonds is 3. The SMILES string of the molecule is NC1CC(Nc2c(F)cccc2[N+](=O)[O-])c2ccccc21. The number of anilines is 1. The molecule has 5 nitrogen and oxygen atoms in total. The van der Waals surface area contributed by atoms with E-state index >= 15 is 0 Å². The molecule has 21 heavy (non-hydrogen) atoms. The molecule has 0 spiro atoms. The molecule has 1 aliphatic carbocycles. The van der Waals surface area contributed by atoms with Crippen LogP contribution in [0.5, 0.6) is 0 Å². The van der Waals surface area contributed by atoms with Crippen molar-refractivity contribution < 1.29 is 9.31 Å². The van der Waals surface area contributed by atoms with Crippen LogP contribution in [-0.4, -0.2) is 4.92 Å². The quantitative estimate of drug-likeness (QED) is 0.670. The Balaban J connectivity index is 1.98. The smallest absolute Gasteiger partial charge is 0.295 e. The molecule has 3 rings (SSSR count). The molecule has 0 radical (unpaired) electrons. The highest BCUT2D eigenvalue weighted by Gasteiger charge is 2.30. The fourth-order valence-corrected chi connectivity index (χ4v) is 2.79. The minimum Gasteiger partial charge on any atom is -0.370 e. The minimum atomic E-state index is -0.637. The number of nitrogens with two attached hydrogens (primary N) is 1. The van der Waals surface area contributed by atoms with E-state index < -0.39 is 10.7 Å². The normalized spacial score (nSPS) is 20.1. The topological polar surface area (TPSA) is 81.2 Å². The van der Waals surface area contributed by atoms with E-state index in [9.17, 15) is 14.5 Å². The molecular formula is C15H14FN3O2. The van der Waals surface area contributed by atoms with Crippen molar-refractivity contribution in [1.82, 2.24) is 0 Å². The lowest BCUT2D eigenvalue weighted by Gasteiger charge is -2.16. The van der Waals surface area contributed by atoms with Gasteiger partial charge in [-0.2, -0.15) is 0 Å². The summed E-state index contributed by atoms with van der Waals surface area (Å²) in [4.78, 5) is 10.4. The molecule has 0 saturated carbocycles. The highest BCUT2D eigenvalue weighted by atomic mass is 19.1. The first-order chi connectivity index (χ1) is 10.1. The predicted octanol–water partition coefficient (Wildman–Crippen LogP) is 3.29. The van der Waals surface area contributed by atoms with Crippen molar-refractivity contribution >= 4 is 11.4 Å². The monoisotopic (exact) mass is 287 g/mol.